The second-order valence-electron chi connectivity index (χ2n) is 9.22. The Morgan fingerprint density at radius 2 is 1.50 bits per heavy atom. The molecule has 1 amide bonds. The number of carbonyl (C=O) groups excluding carboxylic acids is 1. The molecule has 1 saturated heterocycles. The Morgan fingerprint density at radius 1 is 0.944 bits per heavy atom. The van der Waals surface area contributed by atoms with Crippen LogP contribution in [0.15, 0.2) is 36.4 Å². The predicted molar refractivity (Wildman–Crippen MR) is 139 cm³/mol. The van der Waals surface area contributed by atoms with Gasteiger partial charge in [0.15, 0.2) is 6.61 Å². The molecule has 36 heavy (non-hydrogen) atoms. The Bertz CT molecular complexity index is 982. The van der Waals surface area contributed by atoms with Crippen LogP contribution in [0.5, 0.6) is 11.5 Å². The molecule has 5 nitrogen and oxygen atoms in total. The van der Waals surface area contributed by atoms with E-state index >= 15 is 0 Å². The number of benzene rings is 2. The van der Waals surface area contributed by atoms with Gasteiger partial charge in [0.2, 0.25) is 0 Å². The summed E-state index contributed by atoms with van der Waals surface area (Å²) in [6.07, 6.45) is -0.616. The van der Waals surface area contributed by atoms with Gasteiger partial charge in [-0.3, -0.25) is 9.69 Å². The van der Waals surface area contributed by atoms with Crippen LogP contribution in [0.1, 0.15) is 68.6 Å². The zero-order valence-corrected chi connectivity index (χ0v) is 22.2. The van der Waals surface area contributed by atoms with Crippen molar-refractivity contribution in [3.05, 3.63) is 58.1 Å². The van der Waals surface area contributed by atoms with E-state index < -0.39 is 12.3 Å². The number of methoxy groups -OCH3 is 1. The van der Waals surface area contributed by atoms with Gasteiger partial charge in [0.1, 0.15) is 23.8 Å². The first kappa shape index (κ1) is 28.2. The molecule has 0 aromatic heterocycles. The van der Waals surface area contributed by atoms with Crippen LogP contribution in [0.2, 0.25) is 5.02 Å². The summed E-state index contributed by atoms with van der Waals surface area (Å²) in [6.45, 7) is 7.03. The first-order valence-corrected chi connectivity index (χ1v) is 13.1. The van der Waals surface area contributed by atoms with Crippen LogP contribution in [0.4, 0.5) is 8.78 Å². The maximum atomic E-state index is 15.0. The van der Waals surface area contributed by atoms with Gasteiger partial charge in [-0.25, -0.2) is 8.78 Å². The number of halogens is 3. The zero-order chi connectivity index (χ0) is 26.1. The van der Waals surface area contributed by atoms with Gasteiger partial charge >= 0.3 is 0 Å². The van der Waals surface area contributed by atoms with Crippen molar-refractivity contribution in [1.82, 2.24) is 9.80 Å². The fourth-order valence-electron chi connectivity index (χ4n) is 4.43. The molecule has 1 aliphatic rings. The largest absolute Gasteiger partial charge is 0.496 e. The fraction of sp³-hybridized carbons (Fsp3) is 0.536. The molecule has 3 rings (SSSR count). The maximum Gasteiger partial charge on any atom is 0.260 e. The predicted octanol–water partition coefficient (Wildman–Crippen LogP) is 6.69. The van der Waals surface area contributed by atoms with E-state index in [0.717, 1.165) is 19.6 Å². The third-order valence-electron chi connectivity index (χ3n) is 6.52. The van der Waals surface area contributed by atoms with Crippen molar-refractivity contribution in [2.45, 2.75) is 58.4 Å². The van der Waals surface area contributed by atoms with Crippen LogP contribution >= 0.6 is 11.6 Å². The summed E-state index contributed by atoms with van der Waals surface area (Å²) in [5, 5.41) is 0.711. The normalized spacial score (nSPS) is 16.0. The lowest BCUT2D eigenvalue weighted by atomic mass is 9.98. The van der Waals surface area contributed by atoms with Crippen molar-refractivity contribution in [3.8, 4) is 11.5 Å². The molecule has 0 N–H and O–H groups in total. The molecule has 0 bridgehead atoms. The van der Waals surface area contributed by atoms with Crippen molar-refractivity contribution < 1.29 is 23.0 Å². The highest BCUT2D eigenvalue weighted by Crippen LogP contribution is 2.40. The summed E-state index contributed by atoms with van der Waals surface area (Å²) in [5.74, 6) is 0.348. The van der Waals surface area contributed by atoms with E-state index in [4.69, 9.17) is 21.1 Å². The van der Waals surface area contributed by atoms with Crippen molar-refractivity contribution in [2.24, 2.45) is 0 Å². The maximum absolute atomic E-state index is 15.0. The third-order valence-corrected chi connectivity index (χ3v) is 6.77. The molecule has 1 fully saturated rings. The van der Waals surface area contributed by atoms with Gasteiger partial charge in [-0.15, -0.1) is 0 Å². The third kappa shape index (κ3) is 7.56. The van der Waals surface area contributed by atoms with Gasteiger partial charge in [0, 0.05) is 48.9 Å². The number of nitrogens with zero attached hydrogens (tertiary/aromatic N) is 2. The summed E-state index contributed by atoms with van der Waals surface area (Å²) in [4.78, 5) is 16.9. The highest BCUT2D eigenvalue weighted by Gasteiger charge is 2.25. The number of alkyl halides is 2. The Hall–Kier alpha value is -2.38. The standard InChI is InChI=1S/C28H37ClF2N2O3/c1-4-6-24(30)22-17-27(23(16-26(22)35-3)25(31)7-5-2)36-19-28(34)33-14-12-32(13-15-33)18-20-8-10-21(29)11-9-20/h8-11,16-17,24-25H,4-7,12-15,18-19H2,1-3H3. The first-order valence-electron chi connectivity index (χ1n) is 12.7. The highest BCUT2D eigenvalue weighted by molar-refractivity contribution is 6.30. The molecule has 0 radical (unpaired) electrons. The Balaban J connectivity index is 1.64. The van der Waals surface area contributed by atoms with E-state index in [2.05, 4.69) is 4.90 Å². The molecular weight excluding hydrogens is 486 g/mol. The van der Waals surface area contributed by atoms with E-state index in [1.54, 1.807) is 4.90 Å². The van der Waals surface area contributed by atoms with Crippen LogP contribution in [0, 0.1) is 0 Å². The molecule has 0 saturated carbocycles. The minimum atomic E-state index is -1.29. The number of carbonyl (C=O) groups is 1. The van der Waals surface area contributed by atoms with Crippen LogP contribution < -0.4 is 9.47 Å². The van der Waals surface area contributed by atoms with E-state index in [9.17, 15) is 13.6 Å². The van der Waals surface area contributed by atoms with E-state index in [1.807, 2.05) is 38.1 Å². The molecule has 0 spiro atoms. The van der Waals surface area contributed by atoms with E-state index in [-0.39, 0.29) is 18.3 Å². The van der Waals surface area contributed by atoms with Crippen LogP contribution in [-0.2, 0) is 11.3 Å². The minimum absolute atomic E-state index is 0.166. The second-order valence-corrected chi connectivity index (χ2v) is 9.65. The second kappa shape index (κ2) is 13.8. The number of hydrogen-bond acceptors (Lipinski definition) is 4. The Kier molecular flexibility index (Phi) is 10.8. The molecule has 0 aliphatic carbocycles. The summed E-state index contributed by atoms with van der Waals surface area (Å²) >= 11 is 5.96. The van der Waals surface area contributed by atoms with Gasteiger partial charge in [0.05, 0.1) is 7.11 Å². The van der Waals surface area contributed by atoms with Gasteiger partial charge in [-0.05, 0) is 42.7 Å². The summed E-state index contributed by atoms with van der Waals surface area (Å²) < 4.78 is 41.0. The van der Waals surface area contributed by atoms with Crippen molar-refractivity contribution in [1.29, 1.82) is 0 Å². The smallest absolute Gasteiger partial charge is 0.260 e. The molecule has 2 atom stereocenters. The fourth-order valence-corrected chi connectivity index (χ4v) is 4.56. The number of rotatable bonds is 12. The number of piperazine rings is 1. The average molecular weight is 523 g/mol. The van der Waals surface area contributed by atoms with Gasteiger partial charge in [-0.2, -0.15) is 0 Å². The Labute approximate surface area is 218 Å². The van der Waals surface area contributed by atoms with Crippen molar-refractivity contribution >= 4 is 17.5 Å². The van der Waals surface area contributed by atoms with Gasteiger partial charge in [-0.1, -0.05) is 50.4 Å². The van der Waals surface area contributed by atoms with Gasteiger partial charge in [0.25, 0.3) is 5.91 Å². The van der Waals surface area contributed by atoms with E-state index in [1.165, 1.54) is 24.8 Å². The molecule has 2 unspecified atom stereocenters. The summed E-state index contributed by atoms with van der Waals surface area (Å²) in [6, 6.07) is 10.8. The number of ether oxygens (including phenoxy) is 2. The SMILES string of the molecule is CCCC(F)c1cc(OCC(=O)N2CCN(Cc3ccc(Cl)cc3)CC2)c(C(F)CCC)cc1OC. The molecule has 1 aliphatic heterocycles. The van der Waals surface area contributed by atoms with Gasteiger partial charge < -0.3 is 14.4 Å². The van der Waals surface area contributed by atoms with Crippen LogP contribution in [0.3, 0.4) is 0 Å². The van der Waals surface area contributed by atoms with Crippen LogP contribution in [0.25, 0.3) is 0 Å². The molecule has 2 aromatic rings. The molecular formula is C28H37ClF2N2O3. The highest BCUT2D eigenvalue weighted by atomic mass is 35.5. The lowest BCUT2D eigenvalue weighted by molar-refractivity contribution is -0.135. The molecule has 2 aromatic carbocycles. The average Bonchev–Trinajstić information content (AvgIpc) is 2.88. The minimum Gasteiger partial charge on any atom is -0.496 e. The topological polar surface area (TPSA) is 42.0 Å². The quantitative estimate of drug-likeness (QED) is 0.311. The lowest BCUT2D eigenvalue weighted by Gasteiger charge is -2.34. The first-order chi connectivity index (χ1) is 17.4. The molecule has 198 valence electrons. The monoisotopic (exact) mass is 522 g/mol. The molecule has 1 heterocycles. The van der Waals surface area contributed by atoms with Crippen molar-refractivity contribution in [3.63, 3.8) is 0 Å². The summed E-state index contributed by atoms with van der Waals surface area (Å²) in [7, 11) is 1.45. The number of amides is 1. The lowest BCUT2D eigenvalue weighted by Crippen LogP contribution is -2.49. The Morgan fingerprint density at radius 3 is 2.06 bits per heavy atom. The van der Waals surface area contributed by atoms with E-state index in [0.29, 0.717) is 60.7 Å². The molecule has 8 heteroatoms. The zero-order valence-electron chi connectivity index (χ0n) is 21.4. The van der Waals surface area contributed by atoms with Crippen LogP contribution in [-0.4, -0.2) is 55.6 Å². The summed E-state index contributed by atoms with van der Waals surface area (Å²) in [5.41, 5.74) is 1.79. The number of hydrogen-bond donors (Lipinski definition) is 0. The van der Waals surface area contributed by atoms with Crippen molar-refractivity contribution in [2.75, 3.05) is 39.9 Å².